The van der Waals surface area contributed by atoms with Gasteiger partial charge in [0.1, 0.15) is 0 Å². The zero-order valence-electron chi connectivity index (χ0n) is 11.3. The molecule has 0 aromatic heterocycles. The largest absolute Gasteiger partial charge is 0.310 e. The lowest BCUT2D eigenvalue weighted by Gasteiger charge is -2.42. The van der Waals surface area contributed by atoms with Gasteiger partial charge in [0.25, 0.3) is 0 Å². The maximum Gasteiger partial charge on any atom is 0.0309 e. The molecule has 2 rings (SSSR count). The molecule has 1 N–H and O–H groups in total. The minimum atomic E-state index is 0.377. The minimum absolute atomic E-state index is 0.377. The van der Waals surface area contributed by atoms with Gasteiger partial charge in [-0.25, -0.2) is 0 Å². The molecule has 1 saturated heterocycles. The van der Waals surface area contributed by atoms with Crippen molar-refractivity contribution in [2.75, 3.05) is 19.6 Å². The summed E-state index contributed by atoms with van der Waals surface area (Å²) in [6, 6.07) is 0. The smallest absolute Gasteiger partial charge is 0.0309 e. The van der Waals surface area contributed by atoms with Gasteiger partial charge in [0, 0.05) is 17.6 Å². The number of hydrogen-bond donors (Lipinski definition) is 1. The molecular formula is C14H28N2. The quantitative estimate of drug-likeness (QED) is 0.776. The van der Waals surface area contributed by atoms with Gasteiger partial charge in [-0.05, 0) is 52.6 Å². The Morgan fingerprint density at radius 2 is 1.88 bits per heavy atom. The average molecular weight is 224 g/mol. The first-order chi connectivity index (χ1) is 7.58. The molecule has 2 fully saturated rings. The average Bonchev–Trinajstić information content (AvgIpc) is 2.59. The first kappa shape index (κ1) is 12.4. The summed E-state index contributed by atoms with van der Waals surface area (Å²) in [5, 5.41) is 3.84. The molecule has 1 spiro atoms. The second-order valence-corrected chi connectivity index (χ2v) is 6.36. The topological polar surface area (TPSA) is 15.3 Å². The molecule has 0 aromatic rings. The molecule has 0 atom stereocenters. The van der Waals surface area contributed by atoms with Crippen molar-refractivity contribution >= 4 is 0 Å². The Hall–Kier alpha value is -0.0800. The third-order valence-corrected chi connectivity index (χ3v) is 4.88. The highest BCUT2D eigenvalue weighted by molar-refractivity contribution is 4.99. The predicted molar refractivity (Wildman–Crippen MR) is 69.8 cm³/mol. The van der Waals surface area contributed by atoms with Crippen molar-refractivity contribution in [1.82, 2.24) is 10.2 Å². The van der Waals surface area contributed by atoms with E-state index in [-0.39, 0.29) is 0 Å². The van der Waals surface area contributed by atoms with Crippen LogP contribution in [0.25, 0.3) is 0 Å². The maximum atomic E-state index is 3.84. The number of nitrogens with zero attached hydrogens (tertiary/aromatic N) is 1. The Balaban J connectivity index is 2.09. The fourth-order valence-corrected chi connectivity index (χ4v) is 3.25. The summed E-state index contributed by atoms with van der Waals surface area (Å²) in [7, 11) is 0. The van der Waals surface area contributed by atoms with Crippen LogP contribution in [0.2, 0.25) is 0 Å². The van der Waals surface area contributed by atoms with Crippen LogP contribution in [0.1, 0.15) is 59.3 Å². The van der Waals surface area contributed by atoms with Crippen molar-refractivity contribution in [3.63, 3.8) is 0 Å². The first-order valence-corrected chi connectivity index (χ1v) is 7.08. The second kappa shape index (κ2) is 4.66. The van der Waals surface area contributed by atoms with Crippen LogP contribution in [0.4, 0.5) is 0 Å². The SMILES string of the molecule is CCC(C)(C)N1CCCNC2(CCCC2)C1. The fourth-order valence-electron chi connectivity index (χ4n) is 3.25. The van der Waals surface area contributed by atoms with Gasteiger partial charge >= 0.3 is 0 Å². The van der Waals surface area contributed by atoms with Crippen LogP contribution >= 0.6 is 0 Å². The molecule has 0 amide bonds. The Labute approximate surface area is 101 Å². The maximum absolute atomic E-state index is 3.84. The van der Waals surface area contributed by atoms with Crippen LogP contribution in [0.5, 0.6) is 0 Å². The number of nitrogens with one attached hydrogen (secondary N) is 1. The van der Waals surface area contributed by atoms with Gasteiger partial charge in [-0.3, -0.25) is 4.90 Å². The summed E-state index contributed by atoms with van der Waals surface area (Å²) in [5.74, 6) is 0. The second-order valence-electron chi connectivity index (χ2n) is 6.36. The molecule has 1 aliphatic carbocycles. The Morgan fingerprint density at radius 3 is 2.50 bits per heavy atom. The molecule has 2 nitrogen and oxygen atoms in total. The lowest BCUT2D eigenvalue weighted by Crippen LogP contribution is -2.54. The van der Waals surface area contributed by atoms with E-state index < -0.39 is 0 Å². The minimum Gasteiger partial charge on any atom is -0.310 e. The summed E-state index contributed by atoms with van der Waals surface area (Å²) < 4.78 is 0. The predicted octanol–water partition coefficient (Wildman–Crippen LogP) is 2.78. The van der Waals surface area contributed by atoms with Gasteiger partial charge in [-0.15, -0.1) is 0 Å². The normalized spacial score (nSPS) is 27.2. The molecule has 0 unspecified atom stereocenters. The third-order valence-electron chi connectivity index (χ3n) is 4.88. The zero-order valence-corrected chi connectivity index (χ0v) is 11.3. The molecule has 2 aliphatic rings. The molecule has 94 valence electrons. The summed E-state index contributed by atoms with van der Waals surface area (Å²) in [4.78, 5) is 2.73. The summed E-state index contributed by atoms with van der Waals surface area (Å²) in [5.41, 5.74) is 0.838. The number of hydrogen-bond acceptors (Lipinski definition) is 2. The molecule has 0 radical (unpaired) electrons. The van der Waals surface area contributed by atoms with Gasteiger partial charge in [0.15, 0.2) is 0 Å². The highest BCUT2D eigenvalue weighted by Gasteiger charge is 2.39. The highest BCUT2D eigenvalue weighted by atomic mass is 15.2. The van der Waals surface area contributed by atoms with E-state index in [0.717, 1.165) is 0 Å². The summed E-state index contributed by atoms with van der Waals surface area (Å²) in [6.07, 6.45) is 8.20. The van der Waals surface area contributed by atoms with Crippen molar-refractivity contribution in [3.8, 4) is 0 Å². The number of rotatable bonds is 2. The van der Waals surface area contributed by atoms with Gasteiger partial charge in [0.2, 0.25) is 0 Å². The van der Waals surface area contributed by atoms with E-state index in [2.05, 4.69) is 31.0 Å². The highest BCUT2D eigenvalue weighted by Crippen LogP contribution is 2.34. The van der Waals surface area contributed by atoms with Crippen LogP contribution in [-0.4, -0.2) is 35.6 Å². The van der Waals surface area contributed by atoms with Gasteiger partial charge in [0.05, 0.1) is 0 Å². The fraction of sp³-hybridized carbons (Fsp3) is 1.00. The van der Waals surface area contributed by atoms with Gasteiger partial charge < -0.3 is 5.32 Å². The van der Waals surface area contributed by atoms with E-state index in [9.17, 15) is 0 Å². The van der Waals surface area contributed by atoms with Gasteiger partial charge in [-0.2, -0.15) is 0 Å². The van der Waals surface area contributed by atoms with Crippen molar-refractivity contribution in [3.05, 3.63) is 0 Å². The van der Waals surface area contributed by atoms with Crippen LogP contribution in [0.3, 0.4) is 0 Å². The summed E-state index contributed by atoms with van der Waals surface area (Å²) in [6.45, 7) is 10.9. The van der Waals surface area contributed by atoms with Crippen molar-refractivity contribution in [2.24, 2.45) is 0 Å². The third kappa shape index (κ3) is 2.43. The van der Waals surface area contributed by atoms with Crippen LogP contribution in [0.15, 0.2) is 0 Å². The van der Waals surface area contributed by atoms with E-state index in [0.29, 0.717) is 11.1 Å². The Kier molecular flexibility index (Phi) is 3.60. The van der Waals surface area contributed by atoms with E-state index >= 15 is 0 Å². The van der Waals surface area contributed by atoms with E-state index in [1.165, 1.54) is 58.2 Å². The Bertz CT molecular complexity index is 229. The summed E-state index contributed by atoms with van der Waals surface area (Å²) >= 11 is 0. The van der Waals surface area contributed by atoms with Crippen LogP contribution < -0.4 is 5.32 Å². The molecule has 0 bridgehead atoms. The van der Waals surface area contributed by atoms with E-state index in [1.807, 2.05) is 0 Å². The monoisotopic (exact) mass is 224 g/mol. The molecule has 2 heteroatoms. The molecule has 1 aliphatic heterocycles. The van der Waals surface area contributed by atoms with E-state index in [1.54, 1.807) is 0 Å². The molecular weight excluding hydrogens is 196 g/mol. The van der Waals surface area contributed by atoms with Crippen molar-refractivity contribution < 1.29 is 0 Å². The standard InChI is InChI=1S/C14H28N2/c1-4-13(2,3)16-11-7-10-15-14(12-16)8-5-6-9-14/h15H,4-12H2,1-3H3. The van der Waals surface area contributed by atoms with Crippen LogP contribution in [-0.2, 0) is 0 Å². The molecule has 0 aromatic carbocycles. The molecule has 1 saturated carbocycles. The van der Waals surface area contributed by atoms with Crippen LogP contribution in [0, 0.1) is 0 Å². The lowest BCUT2D eigenvalue weighted by atomic mass is 9.92. The molecule has 16 heavy (non-hydrogen) atoms. The molecule has 1 heterocycles. The van der Waals surface area contributed by atoms with Crippen molar-refractivity contribution in [1.29, 1.82) is 0 Å². The lowest BCUT2D eigenvalue weighted by molar-refractivity contribution is 0.0907. The van der Waals surface area contributed by atoms with E-state index in [4.69, 9.17) is 0 Å². The zero-order chi connectivity index (χ0) is 11.6. The van der Waals surface area contributed by atoms with Crippen molar-refractivity contribution in [2.45, 2.75) is 70.4 Å². The Morgan fingerprint density at radius 1 is 1.19 bits per heavy atom. The first-order valence-electron chi connectivity index (χ1n) is 7.08. The van der Waals surface area contributed by atoms with Gasteiger partial charge in [-0.1, -0.05) is 19.8 Å².